The maximum absolute atomic E-state index is 11.8. The van der Waals surface area contributed by atoms with Crippen LogP contribution in [0.1, 0.15) is 37.7 Å². The van der Waals surface area contributed by atoms with E-state index in [0.29, 0.717) is 19.4 Å². The molecule has 1 aliphatic carbocycles. The Kier molecular flexibility index (Phi) is 5.01. The number of nitrogens with one attached hydrogen (secondary N) is 1. The normalized spacial score (nSPS) is 16.3. The molecule has 0 radical (unpaired) electrons. The molecule has 4 nitrogen and oxygen atoms in total. The summed E-state index contributed by atoms with van der Waals surface area (Å²) in [4.78, 5) is 11.8. The van der Waals surface area contributed by atoms with Gasteiger partial charge in [-0.2, -0.15) is 0 Å². The van der Waals surface area contributed by atoms with Crippen LogP contribution in [-0.4, -0.2) is 29.8 Å². The molecule has 0 saturated heterocycles. The van der Waals surface area contributed by atoms with Crippen molar-refractivity contribution < 1.29 is 14.6 Å². The van der Waals surface area contributed by atoms with Crippen LogP contribution in [0.15, 0.2) is 24.3 Å². The molecule has 2 N–H and O–H groups in total. The highest BCUT2D eigenvalue weighted by Gasteiger charge is 2.37. The summed E-state index contributed by atoms with van der Waals surface area (Å²) >= 11 is 0. The summed E-state index contributed by atoms with van der Waals surface area (Å²) in [6.07, 6.45) is 3.97. The largest absolute Gasteiger partial charge is 0.494 e. The lowest BCUT2D eigenvalue weighted by Gasteiger charge is -2.41. The topological polar surface area (TPSA) is 58.6 Å². The van der Waals surface area contributed by atoms with Crippen molar-refractivity contribution in [3.63, 3.8) is 0 Å². The second kappa shape index (κ2) is 6.75. The van der Waals surface area contributed by atoms with Gasteiger partial charge in [0.1, 0.15) is 5.75 Å². The van der Waals surface area contributed by atoms with E-state index >= 15 is 0 Å². The summed E-state index contributed by atoms with van der Waals surface area (Å²) in [5, 5.41) is 12.2. The molecule has 110 valence electrons. The first-order valence-electron chi connectivity index (χ1n) is 7.25. The standard InChI is InChI=1S/C16H23NO3/c1-13-5-7-14(8-6-13)20-11-2-4-15(19)17-16(12-18)9-3-10-16/h5-8,18H,2-4,9-12H2,1H3,(H,17,19). The average molecular weight is 277 g/mol. The molecule has 0 unspecified atom stereocenters. The monoisotopic (exact) mass is 277 g/mol. The molecule has 4 heteroatoms. The quantitative estimate of drug-likeness (QED) is 0.751. The third-order valence-corrected chi connectivity index (χ3v) is 3.86. The highest BCUT2D eigenvalue weighted by Crippen LogP contribution is 2.31. The number of aliphatic hydroxyl groups is 1. The Morgan fingerprint density at radius 1 is 1.35 bits per heavy atom. The number of hydrogen-bond donors (Lipinski definition) is 2. The van der Waals surface area contributed by atoms with Crippen molar-refractivity contribution in [3.8, 4) is 5.75 Å². The van der Waals surface area contributed by atoms with Gasteiger partial charge in [0.25, 0.3) is 0 Å². The Morgan fingerprint density at radius 2 is 2.05 bits per heavy atom. The van der Waals surface area contributed by atoms with E-state index in [-0.39, 0.29) is 18.1 Å². The summed E-state index contributed by atoms with van der Waals surface area (Å²) in [5.41, 5.74) is 0.862. The molecule has 0 bridgehead atoms. The van der Waals surface area contributed by atoms with Crippen molar-refractivity contribution >= 4 is 5.91 Å². The number of aryl methyl sites for hydroxylation is 1. The van der Waals surface area contributed by atoms with Crippen LogP contribution in [0, 0.1) is 6.92 Å². The summed E-state index contributed by atoms with van der Waals surface area (Å²) in [7, 11) is 0. The van der Waals surface area contributed by atoms with Crippen LogP contribution in [0.5, 0.6) is 5.75 Å². The van der Waals surface area contributed by atoms with E-state index in [1.54, 1.807) is 0 Å². The number of hydrogen-bond acceptors (Lipinski definition) is 3. The minimum atomic E-state index is -0.338. The molecular weight excluding hydrogens is 254 g/mol. The van der Waals surface area contributed by atoms with E-state index in [1.807, 2.05) is 31.2 Å². The van der Waals surface area contributed by atoms with Crippen molar-refractivity contribution in [1.82, 2.24) is 5.32 Å². The maximum atomic E-state index is 11.8. The summed E-state index contributed by atoms with van der Waals surface area (Å²) in [5.74, 6) is 0.841. The van der Waals surface area contributed by atoms with Crippen LogP contribution >= 0.6 is 0 Å². The lowest BCUT2D eigenvalue weighted by atomic mass is 9.77. The van der Waals surface area contributed by atoms with E-state index in [0.717, 1.165) is 25.0 Å². The first-order chi connectivity index (χ1) is 9.63. The van der Waals surface area contributed by atoms with Gasteiger partial charge >= 0.3 is 0 Å². The lowest BCUT2D eigenvalue weighted by Crippen LogP contribution is -2.56. The Labute approximate surface area is 120 Å². The fourth-order valence-electron chi connectivity index (χ4n) is 2.34. The number of aliphatic hydroxyl groups excluding tert-OH is 1. The highest BCUT2D eigenvalue weighted by molar-refractivity contribution is 5.76. The summed E-state index contributed by atoms with van der Waals surface area (Å²) < 4.78 is 5.58. The van der Waals surface area contributed by atoms with Crippen molar-refractivity contribution in [3.05, 3.63) is 29.8 Å². The van der Waals surface area contributed by atoms with Crippen molar-refractivity contribution in [2.45, 2.75) is 44.6 Å². The third kappa shape index (κ3) is 3.97. The molecule has 0 heterocycles. The van der Waals surface area contributed by atoms with E-state index in [1.165, 1.54) is 5.56 Å². The van der Waals surface area contributed by atoms with Crippen molar-refractivity contribution in [1.29, 1.82) is 0 Å². The second-order valence-electron chi connectivity index (χ2n) is 5.61. The van der Waals surface area contributed by atoms with Crippen molar-refractivity contribution in [2.24, 2.45) is 0 Å². The zero-order valence-corrected chi connectivity index (χ0v) is 12.0. The fourth-order valence-corrected chi connectivity index (χ4v) is 2.34. The molecule has 0 atom stereocenters. The highest BCUT2D eigenvalue weighted by atomic mass is 16.5. The Morgan fingerprint density at radius 3 is 2.60 bits per heavy atom. The molecular formula is C16H23NO3. The minimum absolute atomic E-state index is 0.00579. The van der Waals surface area contributed by atoms with Gasteiger partial charge in [0.15, 0.2) is 0 Å². The number of ether oxygens (including phenoxy) is 1. The van der Waals surface area contributed by atoms with Crippen LogP contribution < -0.4 is 10.1 Å². The van der Waals surface area contributed by atoms with E-state index in [2.05, 4.69) is 5.32 Å². The van der Waals surface area contributed by atoms with Gasteiger partial charge in [-0.3, -0.25) is 4.79 Å². The van der Waals surface area contributed by atoms with Gasteiger partial charge in [-0.05, 0) is 44.7 Å². The molecule has 2 rings (SSSR count). The molecule has 1 saturated carbocycles. The van der Waals surface area contributed by atoms with Crippen LogP contribution in [0.4, 0.5) is 0 Å². The zero-order chi connectivity index (χ0) is 14.4. The van der Waals surface area contributed by atoms with Crippen LogP contribution in [0.2, 0.25) is 0 Å². The molecule has 1 aromatic rings. The van der Waals surface area contributed by atoms with Gasteiger partial charge < -0.3 is 15.2 Å². The molecule has 1 amide bonds. The van der Waals surface area contributed by atoms with Crippen molar-refractivity contribution in [2.75, 3.05) is 13.2 Å². The Bertz CT molecular complexity index is 432. The van der Waals surface area contributed by atoms with Crippen LogP contribution in [0.25, 0.3) is 0 Å². The van der Waals surface area contributed by atoms with Gasteiger partial charge in [0.05, 0.1) is 18.8 Å². The number of benzene rings is 1. The summed E-state index contributed by atoms with van der Waals surface area (Å²) in [6, 6.07) is 7.88. The zero-order valence-electron chi connectivity index (χ0n) is 12.0. The molecule has 1 aliphatic rings. The number of carbonyl (C=O) groups is 1. The SMILES string of the molecule is Cc1ccc(OCCCC(=O)NC2(CO)CCC2)cc1. The first-order valence-corrected chi connectivity index (χ1v) is 7.25. The van der Waals surface area contributed by atoms with Crippen LogP contribution in [-0.2, 0) is 4.79 Å². The maximum Gasteiger partial charge on any atom is 0.220 e. The van der Waals surface area contributed by atoms with Gasteiger partial charge in [-0.1, -0.05) is 17.7 Å². The minimum Gasteiger partial charge on any atom is -0.494 e. The summed E-state index contributed by atoms with van der Waals surface area (Å²) in [6.45, 7) is 2.60. The van der Waals surface area contributed by atoms with Gasteiger partial charge in [-0.15, -0.1) is 0 Å². The third-order valence-electron chi connectivity index (χ3n) is 3.86. The fraction of sp³-hybridized carbons (Fsp3) is 0.562. The smallest absolute Gasteiger partial charge is 0.220 e. The number of carbonyl (C=O) groups excluding carboxylic acids is 1. The van der Waals surface area contributed by atoms with Gasteiger partial charge in [0, 0.05) is 6.42 Å². The lowest BCUT2D eigenvalue weighted by molar-refractivity contribution is -0.125. The predicted octanol–water partition coefficient (Wildman–Crippen LogP) is 2.19. The Hall–Kier alpha value is -1.55. The average Bonchev–Trinajstić information content (AvgIpc) is 2.41. The second-order valence-corrected chi connectivity index (χ2v) is 5.61. The van der Waals surface area contributed by atoms with Gasteiger partial charge in [0.2, 0.25) is 5.91 Å². The predicted molar refractivity (Wildman–Crippen MR) is 77.7 cm³/mol. The molecule has 1 aromatic carbocycles. The Balaban J connectivity index is 1.63. The molecule has 20 heavy (non-hydrogen) atoms. The molecule has 0 aliphatic heterocycles. The van der Waals surface area contributed by atoms with E-state index in [9.17, 15) is 9.90 Å². The number of rotatable bonds is 7. The molecule has 0 aromatic heterocycles. The molecule has 0 spiro atoms. The van der Waals surface area contributed by atoms with E-state index in [4.69, 9.17) is 4.74 Å². The first kappa shape index (κ1) is 14.9. The van der Waals surface area contributed by atoms with Gasteiger partial charge in [-0.25, -0.2) is 0 Å². The van der Waals surface area contributed by atoms with E-state index < -0.39 is 0 Å². The van der Waals surface area contributed by atoms with Crippen LogP contribution in [0.3, 0.4) is 0 Å². The number of amides is 1. The molecule has 1 fully saturated rings.